The second-order valence-corrected chi connectivity index (χ2v) is 6.63. The van der Waals surface area contributed by atoms with Crippen molar-refractivity contribution in [2.24, 2.45) is 0 Å². The first-order chi connectivity index (χ1) is 10.6. The van der Waals surface area contributed by atoms with Crippen LogP contribution in [-0.4, -0.2) is 11.7 Å². The fraction of sp³-hybridized carbons (Fsp3) is 0.176. The van der Waals surface area contributed by atoms with E-state index in [2.05, 4.69) is 27.3 Å². The maximum absolute atomic E-state index is 12.0. The van der Waals surface area contributed by atoms with Gasteiger partial charge in [-0.05, 0) is 52.2 Å². The lowest BCUT2D eigenvalue weighted by Gasteiger charge is -2.08. The predicted octanol–water partition coefficient (Wildman–Crippen LogP) is 4.50. The van der Waals surface area contributed by atoms with Crippen LogP contribution in [0, 0.1) is 18.3 Å². The summed E-state index contributed by atoms with van der Waals surface area (Å²) < 4.78 is 0.876. The zero-order valence-corrected chi connectivity index (χ0v) is 14.5. The number of carbonyl (C=O) groups excluding carboxylic acids is 1. The molecule has 0 aliphatic rings. The van der Waals surface area contributed by atoms with E-state index in [1.807, 2.05) is 43.3 Å². The van der Waals surface area contributed by atoms with Crippen LogP contribution in [0.3, 0.4) is 0 Å². The van der Waals surface area contributed by atoms with Crippen LogP contribution in [0.2, 0.25) is 0 Å². The summed E-state index contributed by atoms with van der Waals surface area (Å²) in [4.78, 5) is 12.0. The van der Waals surface area contributed by atoms with Crippen LogP contribution >= 0.6 is 27.7 Å². The van der Waals surface area contributed by atoms with E-state index in [4.69, 9.17) is 5.26 Å². The van der Waals surface area contributed by atoms with Crippen molar-refractivity contribution >= 4 is 39.3 Å². The average Bonchev–Trinajstić information content (AvgIpc) is 2.50. The molecule has 0 heterocycles. The summed E-state index contributed by atoms with van der Waals surface area (Å²) in [6.45, 7) is 2.00. The van der Waals surface area contributed by atoms with E-state index < -0.39 is 0 Å². The molecule has 2 aromatic rings. The number of amides is 1. The van der Waals surface area contributed by atoms with E-state index in [-0.39, 0.29) is 5.91 Å². The zero-order valence-electron chi connectivity index (χ0n) is 12.1. The molecule has 0 aliphatic carbocycles. The number of halogens is 1. The monoisotopic (exact) mass is 374 g/mol. The predicted molar refractivity (Wildman–Crippen MR) is 94.8 cm³/mol. The van der Waals surface area contributed by atoms with Gasteiger partial charge in [0.25, 0.3) is 0 Å². The highest BCUT2D eigenvalue weighted by Gasteiger charge is 2.07. The Morgan fingerprint density at radius 1 is 1.32 bits per heavy atom. The van der Waals surface area contributed by atoms with Gasteiger partial charge >= 0.3 is 0 Å². The second kappa shape index (κ2) is 8.02. The van der Waals surface area contributed by atoms with Gasteiger partial charge in [-0.3, -0.25) is 4.79 Å². The molecule has 2 aromatic carbocycles. The molecule has 112 valence electrons. The Labute approximate surface area is 142 Å². The molecule has 3 nitrogen and oxygen atoms in total. The third kappa shape index (κ3) is 4.62. The second-order valence-electron chi connectivity index (χ2n) is 4.79. The van der Waals surface area contributed by atoms with Gasteiger partial charge in [0.15, 0.2) is 0 Å². The van der Waals surface area contributed by atoms with Crippen LogP contribution in [0.15, 0.2) is 46.9 Å². The molecule has 0 saturated carbocycles. The normalized spacial score (nSPS) is 10.0. The van der Waals surface area contributed by atoms with Crippen LogP contribution in [0.1, 0.15) is 16.7 Å². The molecule has 1 N–H and O–H groups in total. The number of hydrogen-bond donors (Lipinski definition) is 1. The lowest BCUT2D eigenvalue weighted by Crippen LogP contribution is -2.14. The highest BCUT2D eigenvalue weighted by atomic mass is 79.9. The van der Waals surface area contributed by atoms with Crippen molar-refractivity contribution in [2.75, 3.05) is 11.1 Å². The zero-order chi connectivity index (χ0) is 15.9. The summed E-state index contributed by atoms with van der Waals surface area (Å²) in [5, 5.41) is 11.9. The molecule has 0 unspecified atom stereocenters. The van der Waals surface area contributed by atoms with Gasteiger partial charge in [-0.25, -0.2) is 0 Å². The molecule has 5 heteroatoms. The number of thioether (sulfide) groups is 1. The lowest BCUT2D eigenvalue weighted by atomic mass is 10.1. The first-order valence-corrected chi connectivity index (χ1v) is 8.66. The van der Waals surface area contributed by atoms with Gasteiger partial charge in [-0.2, -0.15) is 5.26 Å². The van der Waals surface area contributed by atoms with Crippen LogP contribution in [0.25, 0.3) is 0 Å². The Morgan fingerprint density at radius 3 is 2.82 bits per heavy atom. The van der Waals surface area contributed by atoms with Crippen LogP contribution in [0.5, 0.6) is 0 Å². The van der Waals surface area contributed by atoms with E-state index in [9.17, 15) is 4.79 Å². The molecule has 0 radical (unpaired) electrons. The topological polar surface area (TPSA) is 52.9 Å². The molecule has 0 saturated heterocycles. The van der Waals surface area contributed by atoms with E-state index in [1.165, 1.54) is 11.8 Å². The summed E-state index contributed by atoms with van der Waals surface area (Å²) in [6.07, 6.45) is 0. The van der Waals surface area contributed by atoms with Gasteiger partial charge in [0, 0.05) is 10.2 Å². The maximum Gasteiger partial charge on any atom is 0.234 e. The van der Waals surface area contributed by atoms with Crippen molar-refractivity contribution in [3.8, 4) is 6.07 Å². The van der Waals surface area contributed by atoms with Gasteiger partial charge in [-0.1, -0.05) is 24.3 Å². The molecule has 2 rings (SSSR count). The minimum absolute atomic E-state index is 0.0519. The number of hydrogen-bond acceptors (Lipinski definition) is 3. The molecule has 1 amide bonds. The minimum atomic E-state index is -0.0519. The maximum atomic E-state index is 12.0. The first kappa shape index (κ1) is 16.6. The molecule has 0 fully saturated rings. The smallest absolute Gasteiger partial charge is 0.234 e. The fourth-order valence-electron chi connectivity index (χ4n) is 1.92. The SMILES string of the molecule is Cc1ccc(NC(=O)CSCc2ccccc2C#N)c(Br)c1. The number of aryl methyl sites for hydroxylation is 1. The minimum Gasteiger partial charge on any atom is -0.324 e. The molecule has 0 bridgehead atoms. The van der Waals surface area contributed by atoms with Crippen LogP contribution < -0.4 is 5.32 Å². The number of nitrogens with zero attached hydrogens (tertiary/aromatic N) is 1. The summed E-state index contributed by atoms with van der Waals surface area (Å²) in [5.41, 5.74) is 3.52. The van der Waals surface area contributed by atoms with Crippen molar-refractivity contribution < 1.29 is 4.79 Å². The Morgan fingerprint density at radius 2 is 2.09 bits per heavy atom. The van der Waals surface area contributed by atoms with Gasteiger partial charge < -0.3 is 5.32 Å². The summed E-state index contributed by atoms with van der Waals surface area (Å²) in [5.74, 6) is 0.941. The Balaban J connectivity index is 1.87. The Bertz CT molecular complexity index is 725. The van der Waals surface area contributed by atoms with Gasteiger partial charge in [0.1, 0.15) is 0 Å². The molecule has 0 aliphatic heterocycles. The molecule has 0 spiro atoms. The largest absolute Gasteiger partial charge is 0.324 e. The van der Waals surface area contributed by atoms with Gasteiger partial charge in [0.2, 0.25) is 5.91 Å². The highest BCUT2D eigenvalue weighted by Crippen LogP contribution is 2.24. The third-order valence-electron chi connectivity index (χ3n) is 3.03. The number of nitrogens with one attached hydrogen (secondary N) is 1. The summed E-state index contributed by atoms with van der Waals surface area (Å²) >= 11 is 4.94. The van der Waals surface area contributed by atoms with E-state index >= 15 is 0 Å². The van der Waals surface area contributed by atoms with Crippen molar-refractivity contribution in [2.45, 2.75) is 12.7 Å². The van der Waals surface area contributed by atoms with Crippen molar-refractivity contribution in [1.82, 2.24) is 0 Å². The third-order valence-corrected chi connectivity index (χ3v) is 4.66. The summed E-state index contributed by atoms with van der Waals surface area (Å²) in [7, 11) is 0. The average molecular weight is 375 g/mol. The van der Waals surface area contributed by atoms with Crippen LogP contribution in [-0.2, 0) is 10.5 Å². The van der Waals surface area contributed by atoms with Crippen molar-refractivity contribution in [3.63, 3.8) is 0 Å². The number of benzene rings is 2. The molecular weight excluding hydrogens is 360 g/mol. The molecule has 0 aromatic heterocycles. The molecule has 22 heavy (non-hydrogen) atoms. The quantitative estimate of drug-likeness (QED) is 0.837. The van der Waals surface area contributed by atoms with Gasteiger partial charge in [-0.15, -0.1) is 11.8 Å². The summed E-state index contributed by atoms with van der Waals surface area (Å²) in [6, 6.07) is 15.4. The van der Waals surface area contributed by atoms with Gasteiger partial charge in [0.05, 0.1) is 23.1 Å². The van der Waals surface area contributed by atoms with E-state index in [0.29, 0.717) is 17.1 Å². The number of carbonyl (C=O) groups is 1. The standard InChI is InChI=1S/C17H15BrN2OS/c1-12-6-7-16(15(18)8-12)20-17(21)11-22-10-14-5-3-2-4-13(14)9-19/h2-8H,10-11H2,1H3,(H,20,21). The fourth-order valence-corrected chi connectivity index (χ4v) is 3.34. The van der Waals surface area contributed by atoms with Crippen molar-refractivity contribution in [1.29, 1.82) is 5.26 Å². The van der Waals surface area contributed by atoms with Crippen molar-refractivity contribution in [3.05, 3.63) is 63.6 Å². The van der Waals surface area contributed by atoms with E-state index in [0.717, 1.165) is 21.3 Å². The van der Waals surface area contributed by atoms with Crippen LogP contribution in [0.4, 0.5) is 5.69 Å². The lowest BCUT2D eigenvalue weighted by molar-refractivity contribution is -0.113. The molecular formula is C17H15BrN2OS. The first-order valence-electron chi connectivity index (χ1n) is 6.72. The highest BCUT2D eigenvalue weighted by molar-refractivity contribution is 9.10. The molecule has 0 atom stereocenters. The Kier molecular flexibility index (Phi) is 6.05. The number of rotatable bonds is 5. The Hall–Kier alpha value is -1.77. The number of nitriles is 1. The number of anilines is 1. The van der Waals surface area contributed by atoms with E-state index in [1.54, 1.807) is 6.07 Å².